The quantitative estimate of drug-likeness (QED) is 0.782. The van der Waals surface area contributed by atoms with Crippen molar-refractivity contribution in [2.75, 3.05) is 24.5 Å². The van der Waals surface area contributed by atoms with Gasteiger partial charge in [-0.25, -0.2) is 0 Å². The highest BCUT2D eigenvalue weighted by Crippen LogP contribution is 2.48. The molecule has 0 bridgehead atoms. The summed E-state index contributed by atoms with van der Waals surface area (Å²) in [5, 5.41) is 12.9. The first-order chi connectivity index (χ1) is 13.3. The third kappa shape index (κ3) is 3.54. The Morgan fingerprint density at radius 1 is 1.11 bits per heavy atom. The van der Waals surface area contributed by atoms with Gasteiger partial charge in [0.1, 0.15) is 0 Å². The van der Waals surface area contributed by atoms with Gasteiger partial charge in [0.2, 0.25) is 0 Å². The van der Waals surface area contributed by atoms with Crippen LogP contribution in [0, 0.1) is 24.2 Å². The number of benzene rings is 2. The van der Waals surface area contributed by atoms with Crippen molar-refractivity contribution in [1.82, 2.24) is 5.32 Å². The first kappa shape index (κ1) is 19.0. The van der Waals surface area contributed by atoms with Gasteiger partial charge in [-0.05, 0) is 60.1 Å². The van der Waals surface area contributed by atoms with Gasteiger partial charge in [0, 0.05) is 36.9 Å². The average Bonchev–Trinajstić information content (AvgIpc) is 3.42. The molecule has 1 saturated carbocycles. The van der Waals surface area contributed by atoms with Gasteiger partial charge in [0.25, 0.3) is 0 Å². The Bertz CT molecular complexity index is 891. The van der Waals surface area contributed by atoms with Crippen LogP contribution in [0.4, 0.5) is 11.4 Å². The zero-order chi connectivity index (χ0) is 19.9. The number of aryl methyl sites for hydroxylation is 1. The maximum Gasteiger partial charge on any atom is 0.0823 e. The molecule has 2 aromatic carbocycles. The summed E-state index contributed by atoms with van der Waals surface area (Å²) in [7, 11) is 0. The van der Waals surface area contributed by atoms with Crippen LogP contribution in [0.1, 0.15) is 50.3 Å². The molecule has 0 atom stereocenters. The maximum atomic E-state index is 9.50. The predicted molar refractivity (Wildman–Crippen MR) is 116 cm³/mol. The summed E-state index contributed by atoms with van der Waals surface area (Å²) in [6.07, 6.45) is 1.99. The monoisotopic (exact) mass is 373 g/mol. The summed E-state index contributed by atoms with van der Waals surface area (Å²) < 4.78 is 0. The Labute approximate surface area is 169 Å². The molecule has 0 spiro atoms. The van der Waals surface area contributed by atoms with Crippen molar-refractivity contribution >= 4 is 11.4 Å². The molecule has 1 aliphatic carbocycles. The van der Waals surface area contributed by atoms with Gasteiger partial charge in [-0.1, -0.05) is 45.0 Å². The lowest BCUT2D eigenvalue weighted by atomic mass is 9.86. The fourth-order valence-electron chi connectivity index (χ4n) is 4.00. The van der Waals surface area contributed by atoms with Gasteiger partial charge in [-0.3, -0.25) is 0 Å². The molecule has 146 valence electrons. The van der Waals surface area contributed by atoms with Crippen molar-refractivity contribution in [1.29, 1.82) is 5.26 Å². The summed E-state index contributed by atoms with van der Waals surface area (Å²) in [6, 6.07) is 18.1. The van der Waals surface area contributed by atoms with E-state index in [-0.39, 0.29) is 10.8 Å². The number of hydrogen-bond acceptors (Lipinski definition) is 3. The highest BCUT2D eigenvalue weighted by molar-refractivity contribution is 5.68. The van der Waals surface area contributed by atoms with E-state index in [9.17, 15) is 5.26 Å². The van der Waals surface area contributed by atoms with E-state index in [1.165, 1.54) is 28.1 Å². The molecule has 4 rings (SSSR count). The molecular formula is C25H31N3. The molecule has 0 amide bonds. The van der Waals surface area contributed by atoms with E-state index in [4.69, 9.17) is 0 Å². The molecule has 2 aliphatic rings. The van der Waals surface area contributed by atoms with Crippen LogP contribution in [0.25, 0.3) is 0 Å². The van der Waals surface area contributed by atoms with Crippen LogP contribution in [0.2, 0.25) is 0 Å². The fourth-order valence-corrected chi connectivity index (χ4v) is 4.00. The second-order valence-corrected chi connectivity index (χ2v) is 9.63. The Morgan fingerprint density at radius 3 is 2.29 bits per heavy atom. The predicted octanol–water partition coefficient (Wildman–Crippen LogP) is 5.21. The lowest BCUT2D eigenvalue weighted by molar-refractivity contribution is 0.355. The molecule has 1 heterocycles. The molecule has 3 heteroatoms. The fraction of sp³-hybridized carbons (Fsp3) is 0.480. The number of nitrogens with one attached hydrogen (secondary N) is 1. The molecule has 1 aliphatic heterocycles. The van der Waals surface area contributed by atoms with Crippen molar-refractivity contribution in [3.05, 3.63) is 59.2 Å². The van der Waals surface area contributed by atoms with Crippen molar-refractivity contribution in [2.45, 2.75) is 51.4 Å². The zero-order valence-corrected chi connectivity index (χ0v) is 17.5. The topological polar surface area (TPSA) is 39.1 Å². The zero-order valence-electron chi connectivity index (χ0n) is 17.5. The van der Waals surface area contributed by atoms with Gasteiger partial charge in [-0.15, -0.1) is 0 Å². The minimum Gasteiger partial charge on any atom is -0.341 e. The van der Waals surface area contributed by atoms with Crippen molar-refractivity contribution in [2.24, 2.45) is 5.92 Å². The Kier molecular flexibility index (Phi) is 4.71. The summed E-state index contributed by atoms with van der Waals surface area (Å²) >= 11 is 0. The normalized spacial score (nSPS) is 18.2. The van der Waals surface area contributed by atoms with Gasteiger partial charge in [0.05, 0.1) is 11.5 Å². The van der Waals surface area contributed by atoms with Crippen LogP contribution in [0.15, 0.2) is 42.5 Å². The van der Waals surface area contributed by atoms with Crippen molar-refractivity contribution < 1.29 is 0 Å². The summed E-state index contributed by atoms with van der Waals surface area (Å²) in [6.45, 7) is 12.2. The molecule has 3 nitrogen and oxygen atoms in total. The van der Waals surface area contributed by atoms with E-state index in [0.29, 0.717) is 5.92 Å². The first-order valence-electron chi connectivity index (χ1n) is 10.4. The first-order valence-corrected chi connectivity index (χ1v) is 10.4. The van der Waals surface area contributed by atoms with Crippen molar-refractivity contribution in [3.63, 3.8) is 0 Å². The summed E-state index contributed by atoms with van der Waals surface area (Å²) in [5.41, 5.74) is 6.27. The maximum absolute atomic E-state index is 9.50. The van der Waals surface area contributed by atoms with E-state index < -0.39 is 0 Å². The second kappa shape index (κ2) is 6.94. The molecule has 2 aromatic rings. The van der Waals surface area contributed by atoms with E-state index in [1.54, 1.807) is 0 Å². The van der Waals surface area contributed by atoms with Crippen molar-refractivity contribution in [3.8, 4) is 6.07 Å². The number of hydrogen-bond donors (Lipinski definition) is 1. The lowest BCUT2D eigenvalue weighted by Gasteiger charge is -2.36. The SMILES string of the molecule is Cc1ccc(C(C)(C)C)cc1N(CC1CNC1)c1ccc(C2(C#N)CC2)cc1. The number of anilines is 2. The van der Waals surface area contributed by atoms with Crippen LogP contribution in [-0.2, 0) is 10.8 Å². The molecule has 0 unspecified atom stereocenters. The Balaban J connectivity index is 1.71. The number of nitriles is 1. The van der Waals surface area contributed by atoms with Gasteiger partial charge < -0.3 is 10.2 Å². The summed E-state index contributed by atoms with van der Waals surface area (Å²) in [5.74, 6) is 0.672. The Hall–Kier alpha value is -2.31. The Morgan fingerprint density at radius 2 is 1.79 bits per heavy atom. The second-order valence-electron chi connectivity index (χ2n) is 9.63. The molecular weight excluding hydrogens is 342 g/mol. The van der Waals surface area contributed by atoms with Crippen LogP contribution in [0.5, 0.6) is 0 Å². The molecule has 1 N–H and O–H groups in total. The minimum atomic E-state index is -0.219. The highest BCUT2D eigenvalue weighted by atomic mass is 15.2. The van der Waals surface area contributed by atoms with Gasteiger partial charge >= 0.3 is 0 Å². The third-order valence-corrected chi connectivity index (χ3v) is 6.37. The van der Waals surface area contributed by atoms with Crippen LogP contribution < -0.4 is 10.2 Å². The van der Waals surface area contributed by atoms with E-state index in [2.05, 4.69) is 86.4 Å². The number of nitrogens with zero attached hydrogens (tertiary/aromatic N) is 2. The standard InChI is InChI=1S/C25H31N3/c1-18-5-6-21(24(2,3)4)13-23(18)28(16-19-14-27-15-19)22-9-7-20(8-10-22)25(17-26)11-12-25/h5-10,13,19,27H,11-12,14-16H2,1-4H3. The van der Waals surface area contributed by atoms with Gasteiger partial charge in [-0.2, -0.15) is 5.26 Å². The van der Waals surface area contributed by atoms with Crippen LogP contribution >= 0.6 is 0 Å². The van der Waals surface area contributed by atoms with E-state index in [0.717, 1.165) is 32.5 Å². The minimum absolute atomic E-state index is 0.126. The van der Waals surface area contributed by atoms with E-state index >= 15 is 0 Å². The lowest BCUT2D eigenvalue weighted by Crippen LogP contribution is -2.47. The molecule has 28 heavy (non-hydrogen) atoms. The summed E-state index contributed by atoms with van der Waals surface area (Å²) in [4.78, 5) is 2.48. The molecule has 0 aromatic heterocycles. The number of rotatable bonds is 5. The molecule has 1 saturated heterocycles. The van der Waals surface area contributed by atoms with Gasteiger partial charge in [0.15, 0.2) is 0 Å². The third-order valence-electron chi connectivity index (χ3n) is 6.37. The highest BCUT2D eigenvalue weighted by Gasteiger charge is 2.44. The molecule has 2 fully saturated rings. The van der Waals surface area contributed by atoms with Crippen LogP contribution in [0.3, 0.4) is 0 Å². The average molecular weight is 374 g/mol. The smallest absolute Gasteiger partial charge is 0.0823 e. The molecule has 0 radical (unpaired) electrons. The van der Waals surface area contributed by atoms with E-state index in [1.807, 2.05) is 0 Å². The van der Waals surface area contributed by atoms with Crippen LogP contribution in [-0.4, -0.2) is 19.6 Å². The largest absolute Gasteiger partial charge is 0.341 e.